The molecule has 0 aromatic heterocycles. The quantitative estimate of drug-likeness (QED) is 0.865. The largest absolute Gasteiger partial charge is 0.497 e. The summed E-state index contributed by atoms with van der Waals surface area (Å²) in [5.41, 5.74) is 0.566. The van der Waals surface area contributed by atoms with Gasteiger partial charge in [-0.15, -0.1) is 0 Å². The zero-order valence-electron chi connectivity index (χ0n) is 11.2. The highest BCUT2D eigenvalue weighted by Gasteiger charge is 2.21. The van der Waals surface area contributed by atoms with Crippen molar-refractivity contribution in [2.75, 3.05) is 12.4 Å². The average Bonchev–Trinajstić information content (AvgIpc) is 2.41. The van der Waals surface area contributed by atoms with Crippen molar-refractivity contribution in [2.24, 2.45) is 5.92 Å². The van der Waals surface area contributed by atoms with Gasteiger partial charge in [-0.05, 0) is 30.9 Å². The first-order valence-electron chi connectivity index (χ1n) is 6.83. The molecular formula is C15H22FNO. The maximum Gasteiger partial charge on any atom is 0.146 e. The second-order valence-electron chi connectivity index (χ2n) is 5.13. The number of rotatable bonds is 4. The Bertz CT molecular complexity index is 394. The molecule has 1 aliphatic carbocycles. The highest BCUT2D eigenvalue weighted by Crippen LogP contribution is 2.30. The van der Waals surface area contributed by atoms with Gasteiger partial charge in [0.15, 0.2) is 0 Å². The molecule has 1 saturated carbocycles. The molecule has 2 unspecified atom stereocenters. The highest BCUT2D eigenvalue weighted by atomic mass is 19.1. The third-order valence-electron chi connectivity index (χ3n) is 3.89. The van der Waals surface area contributed by atoms with Crippen molar-refractivity contribution < 1.29 is 9.13 Å². The molecule has 0 saturated heterocycles. The normalized spacial score (nSPS) is 23.7. The van der Waals surface area contributed by atoms with Gasteiger partial charge < -0.3 is 10.1 Å². The third kappa shape index (κ3) is 3.15. The van der Waals surface area contributed by atoms with E-state index in [1.54, 1.807) is 19.2 Å². The van der Waals surface area contributed by atoms with Gasteiger partial charge in [-0.1, -0.05) is 26.2 Å². The Balaban J connectivity index is 2.04. The first-order valence-corrected chi connectivity index (χ1v) is 6.83. The number of benzene rings is 1. The van der Waals surface area contributed by atoms with Gasteiger partial charge in [0, 0.05) is 12.1 Å². The number of hydrogen-bond donors (Lipinski definition) is 1. The molecule has 18 heavy (non-hydrogen) atoms. The van der Waals surface area contributed by atoms with Crippen LogP contribution in [0.3, 0.4) is 0 Å². The van der Waals surface area contributed by atoms with Crippen LogP contribution in [0.1, 0.15) is 39.0 Å². The van der Waals surface area contributed by atoms with Crippen molar-refractivity contribution in [1.82, 2.24) is 0 Å². The fraction of sp³-hybridized carbons (Fsp3) is 0.600. The van der Waals surface area contributed by atoms with Gasteiger partial charge in [-0.3, -0.25) is 0 Å². The molecule has 0 aliphatic heterocycles. The lowest BCUT2D eigenvalue weighted by atomic mass is 9.84. The van der Waals surface area contributed by atoms with E-state index in [0.717, 1.165) is 18.8 Å². The monoisotopic (exact) mass is 251 g/mol. The molecule has 3 heteroatoms. The van der Waals surface area contributed by atoms with E-state index in [-0.39, 0.29) is 5.82 Å². The van der Waals surface area contributed by atoms with Crippen molar-refractivity contribution >= 4 is 5.69 Å². The number of anilines is 1. The van der Waals surface area contributed by atoms with Crippen LogP contribution in [0.2, 0.25) is 0 Å². The Labute approximate surface area is 109 Å². The topological polar surface area (TPSA) is 21.3 Å². The van der Waals surface area contributed by atoms with E-state index in [2.05, 4.69) is 12.2 Å². The molecule has 100 valence electrons. The zero-order valence-corrected chi connectivity index (χ0v) is 11.2. The molecule has 1 fully saturated rings. The average molecular weight is 251 g/mol. The first-order chi connectivity index (χ1) is 8.72. The number of nitrogens with one attached hydrogen (secondary N) is 1. The predicted octanol–water partition coefficient (Wildman–Crippen LogP) is 4.22. The molecule has 0 heterocycles. The van der Waals surface area contributed by atoms with Crippen LogP contribution in [-0.2, 0) is 0 Å². The lowest BCUT2D eigenvalue weighted by Crippen LogP contribution is -2.27. The van der Waals surface area contributed by atoms with E-state index in [1.165, 1.54) is 25.3 Å². The van der Waals surface area contributed by atoms with E-state index in [9.17, 15) is 4.39 Å². The highest BCUT2D eigenvalue weighted by molar-refractivity contribution is 5.50. The SMILES string of the molecule is CCC1CCCC(Nc2cc(OC)ccc2F)C1. The fourth-order valence-electron chi connectivity index (χ4n) is 2.75. The lowest BCUT2D eigenvalue weighted by molar-refractivity contribution is 0.326. The maximum atomic E-state index is 13.7. The molecule has 2 atom stereocenters. The Kier molecular flexibility index (Phi) is 4.45. The Hall–Kier alpha value is -1.25. The van der Waals surface area contributed by atoms with Gasteiger partial charge in [-0.2, -0.15) is 0 Å². The molecule has 1 N–H and O–H groups in total. The predicted molar refractivity (Wildman–Crippen MR) is 72.6 cm³/mol. The summed E-state index contributed by atoms with van der Waals surface area (Å²) in [5, 5.41) is 3.33. The van der Waals surface area contributed by atoms with Gasteiger partial charge in [0.25, 0.3) is 0 Å². The molecule has 1 aliphatic rings. The van der Waals surface area contributed by atoms with Crippen molar-refractivity contribution in [3.8, 4) is 5.75 Å². The second kappa shape index (κ2) is 6.07. The van der Waals surface area contributed by atoms with Crippen molar-refractivity contribution in [2.45, 2.75) is 45.1 Å². The number of methoxy groups -OCH3 is 1. The minimum absolute atomic E-state index is 0.200. The van der Waals surface area contributed by atoms with Gasteiger partial charge >= 0.3 is 0 Å². The van der Waals surface area contributed by atoms with E-state index >= 15 is 0 Å². The van der Waals surface area contributed by atoms with Crippen LogP contribution in [0.5, 0.6) is 5.75 Å². The van der Waals surface area contributed by atoms with Crippen LogP contribution in [0, 0.1) is 11.7 Å². The minimum atomic E-state index is -0.200. The van der Waals surface area contributed by atoms with Crippen LogP contribution in [0.25, 0.3) is 0 Å². The Morgan fingerprint density at radius 1 is 1.39 bits per heavy atom. The summed E-state index contributed by atoms with van der Waals surface area (Å²) in [6.07, 6.45) is 6.05. The van der Waals surface area contributed by atoms with Crippen molar-refractivity contribution in [1.29, 1.82) is 0 Å². The second-order valence-corrected chi connectivity index (χ2v) is 5.13. The summed E-state index contributed by atoms with van der Waals surface area (Å²) in [4.78, 5) is 0. The van der Waals surface area contributed by atoms with Gasteiger partial charge in [0.2, 0.25) is 0 Å². The van der Waals surface area contributed by atoms with E-state index in [0.29, 0.717) is 17.5 Å². The summed E-state index contributed by atoms with van der Waals surface area (Å²) in [6, 6.07) is 5.24. The Morgan fingerprint density at radius 3 is 2.94 bits per heavy atom. The fourth-order valence-corrected chi connectivity index (χ4v) is 2.75. The van der Waals surface area contributed by atoms with Gasteiger partial charge in [0.1, 0.15) is 11.6 Å². The molecule has 0 radical (unpaired) electrons. The van der Waals surface area contributed by atoms with E-state index < -0.39 is 0 Å². The summed E-state index contributed by atoms with van der Waals surface area (Å²) in [6.45, 7) is 2.24. The van der Waals surface area contributed by atoms with Crippen molar-refractivity contribution in [3.63, 3.8) is 0 Å². The summed E-state index contributed by atoms with van der Waals surface area (Å²) < 4.78 is 18.9. The number of halogens is 1. The molecule has 1 aromatic rings. The third-order valence-corrected chi connectivity index (χ3v) is 3.89. The van der Waals surface area contributed by atoms with Crippen LogP contribution in [-0.4, -0.2) is 13.2 Å². The van der Waals surface area contributed by atoms with Crippen molar-refractivity contribution in [3.05, 3.63) is 24.0 Å². The smallest absolute Gasteiger partial charge is 0.146 e. The maximum absolute atomic E-state index is 13.7. The summed E-state index contributed by atoms with van der Waals surface area (Å²) >= 11 is 0. The molecule has 2 nitrogen and oxygen atoms in total. The number of ether oxygens (including phenoxy) is 1. The molecule has 2 rings (SSSR count). The summed E-state index contributed by atoms with van der Waals surface area (Å²) in [5.74, 6) is 1.28. The van der Waals surface area contributed by atoms with Gasteiger partial charge in [0.05, 0.1) is 12.8 Å². The van der Waals surface area contributed by atoms with Crippen LogP contribution < -0.4 is 10.1 Å². The molecule has 0 amide bonds. The van der Waals surface area contributed by atoms with Crippen LogP contribution in [0.4, 0.5) is 10.1 Å². The first kappa shape index (κ1) is 13.2. The van der Waals surface area contributed by atoms with Crippen LogP contribution in [0.15, 0.2) is 18.2 Å². The van der Waals surface area contributed by atoms with E-state index in [1.807, 2.05) is 0 Å². The molecule has 1 aromatic carbocycles. The molecular weight excluding hydrogens is 229 g/mol. The van der Waals surface area contributed by atoms with Gasteiger partial charge in [-0.25, -0.2) is 4.39 Å². The standard InChI is InChI=1S/C15H22FNO/c1-3-11-5-4-6-12(9-11)17-15-10-13(18-2)7-8-14(15)16/h7-8,10-12,17H,3-6,9H2,1-2H3. The van der Waals surface area contributed by atoms with E-state index in [4.69, 9.17) is 4.74 Å². The lowest BCUT2D eigenvalue weighted by Gasteiger charge is -2.30. The summed E-state index contributed by atoms with van der Waals surface area (Å²) in [7, 11) is 1.60. The molecule has 0 spiro atoms. The Morgan fingerprint density at radius 2 is 2.22 bits per heavy atom. The molecule has 0 bridgehead atoms. The zero-order chi connectivity index (χ0) is 13.0. The van der Waals surface area contributed by atoms with Crippen LogP contribution >= 0.6 is 0 Å². The number of hydrogen-bond acceptors (Lipinski definition) is 2. The minimum Gasteiger partial charge on any atom is -0.497 e.